The third-order valence-corrected chi connectivity index (χ3v) is 3.16. The van der Waals surface area contributed by atoms with Crippen LogP contribution in [-0.4, -0.2) is 21.0 Å². The Hall–Kier alpha value is -3.21. The highest BCUT2D eigenvalue weighted by molar-refractivity contribution is 5.92. The van der Waals surface area contributed by atoms with E-state index >= 15 is 0 Å². The topological polar surface area (TPSA) is 75.1 Å². The smallest absolute Gasteiger partial charge is 0.335 e. The molecule has 0 spiro atoms. The third kappa shape index (κ3) is 2.93. The number of anilines is 2. The normalized spacial score (nSPS) is 10.2. The maximum absolute atomic E-state index is 11.2. The number of benzene rings is 2. The van der Waals surface area contributed by atoms with Crippen molar-refractivity contribution in [1.82, 2.24) is 9.97 Å². The van der Waals surface area contributed by atoms with Crippen LogP contribution in [0.5, 0.6) is 0 Å². The van der Waals surface area contributed by atoms with Gasteiger partial charge in [0.1, 0.15) is 0 Å². The SMILES string of the molecule is O=C(O)c1ccc(-c2ccccc2)c(Nc2ncccn2)c1. The fourth-order valence-corrected chi connectivity index (χ4v) is 2.13. The zero-order chi connectivity index (χ0) is 15.4. The van der Waals surface area contributed by atoms with E-state index in [9.17, 15) is 9.90 Å². The fraction of sp³-hybridized carbons (Fsp3) is 0. The van der Waals surface area contributed by atoms with Gasteiger partial charge in [0.2, 0.25) is 5.95 Å². The van der Waals surface area contributed by atoms with E-state index < -0.39 is 5.97 Å². The number of carboxylic acids is 1. The second-order valence-electron chi connectivity index (χ2n) is 4.63. The Morgan fingerprint density at radius 3 is 2.36 bits per heavy atom. The summed E-state index contributed by atoms with van der Waals surface area (Å²) in [7, 11) is 0. The summed E-state index contributed by atoms with van der Waals surface area (Å²) in [5.41, 5.74) is 2.73. The molecule has 3 rings (SSSR count). The number of nitrogens with one attached hydrogen (secondary N) is 1. The zero-order valence-corrected chi connectivity index (χ0v) is 11.6. The highest BCUT2D eigenvalue weighted by Gasteiger charge is 2.11. The van der Waals surface area contributed by atoms with Gasteiger partial charge in [-0.15, -0.1) is 0 Å². The number of aromatic nitrogens is 2. The van der Waals surface area contributed by atoms with Gasteiger partial charge in [0.15, 0.2) is 0 Å². The molecule has 0 amide bonds. The van der Waals surface area contributed by atoms with Gasteiger partial charge in [0, 0.05) is 23.6 Å². The second kappa shape index (κ2) is 6.05. The lowest BCUT2D eigenvalue weighted by atomic mass is 10.0. The van der Waals surface area contributed by atoms with Crippen LogP contribution in [0.15, 0.2) is 67.0 Å². The van der Waals surface area contributed by atoms with Gasteiger partial charge in [-0.3, -0.25) is 0 Å². The van der Waals surface area contributed by atoms with E-state index in [4.69, 9.17) is 0 Å². The lowest BCUT2D eigenvalue weighted by molar-refractivity contribution is 0.0697. The summed E-state index contributed by atoms with van der Waals surface area (Å²) in [6, 6.07) is 16.4. The highest BCUT2D eigenvalue weighted by Crippen LogP contribution is 2.30. The summed E-state index contributed by atoms with van der Waals surface area (Å²) in [5, 5.41) is 12.3. The summed E-state index contributed by atoms with van der Waals surface area (Å²) in [6.07, 6.45) is 3.25. The molecule has 0 bridgehead atoms. The van der Waals surface area contributed by atoms with Crippen molar-refractivity contribution in [3.8, 4) is 11.1 Å². The number of rotatable bonds is 4. The first-order chi connectivity index (χ1) is 10.7. The van der Waals surface area contributed by atoms with Gasteiger partial charge in [0.25, 0.3) is 0 Å². The van der Waals surface area contributed by atoms with Crippen molar-refractivity contribution < 1.29 is 9.90 Å². The molecule has 3 aromatic rings. The van der Waals surface area contributed by atoms with E-state index in [1.807, 2.05) is 30.3 Å². The van der Waals surface area contributed by atoms with Crippen LogP contribution in [0.25, 0.3) is 11.1 Å². The lowest BCUT2D eigenvalue weighted by Crippen LogP contribution is -2.02. The molecule has 0 unspecified atom stereocenters. The lowest BCUT2D eigenvalue weighted by Gasteiger charge is -2.12. The first-order valence-corrected chi connectivity index (χ1v) is 6.71. The number of hydrogen-bond donors (Lipinski definition) is 2. The molecule has 0 fully saturated rings. The molecule has 2 N–H and O–H groups in total. The average Bonchev–Trinajstić information content (AvgIpc) is 2.56. The van der Waals surface area contributed by atoms with E-state index in [-0.39, 0.29) is 5.56 Å². The van der Waals surface area contributed by atoms with E-state index in [1.54, 1.807) is 36.7 Å². The van der Waals surface area contributed by atoms with Crippen molar-refractivity contribution >= 4 is 17.6 Å². The Labute approximate surface area is 127 Å². The minimum absolute atomic E-state index is 0.207. The molecule has 1 heterocycles. The standard InChI is InChI=1S/C17H13N3O2/c21-16(22)13-7-8-14(12-5-2-1-3-6-12)15(11-13)20-17-18-9-4-10-19-17/h1-11H,(H,21,22)(H,18,19,20). The van der Waals surface area contributed by atoms with E-state index in [1.165, 1.54) is 0 Å². The third-order valence-electron chi connectivity index (χ3n) is 3.16. The molecule has 2 aromatic carbocycles. The summed E-state index contributed by atoms with van der Waals surface area (Å²) in [4.78, 5) is 19.4. The van der Waals surface area contributed by atoms with E-state index in [2.05, 4.69) is 15.3 Å². The van der Waals surface area contributed by atoms with Gasteiger partial charge in [0.05, 0.1) is 5.56 Å². The molecule has 108 valence electrons. The molecule has 0 atom stereocenters. The number of hydrogen-bond acceptors (Lipinski definition) is 4. The molecule has 0 radical (unpaired) electrons. The zero-order valence-electron chi connectivity index (χ0n) is 11.6. The predicted molar refractivity (Wildman–Crippen MR) is 84.2 cm³/mol. The number of aromatic carboxylic acids is 1. The van der Waals surface area contributed by atoms with Crippen molar-refractivity contribution in [3.63, 3.8) is 0 Å². The van der Waals surface area contributed by atoms with Crippen molar-refractivity contribution in [2.45, 2.75) is 0 Å². The molecular weight excluding hydrogens is 278 g/mol. The van der Waals surface area contributed by atoms with Crippen molar-refractivity contribution in [3.05, 3.63) is 72.6 Å². The molecule has 5 heteroatoms. The second-order valence-corrected chi connectivity index (χ2v) is 4.63. The van der Waals surface area contributed by atoms with Crippen molar-refractivity contribution in [2.75, 3.05) is 5.32 Å². The average molecular weight is 291 g/mol. The van der Waals surface area contributed by atoms with Crippen LogP contribution in [-0.2, 0) is 0 Å². The Bertz CT molecular complexity index is 790. The van der Waals surface area contributed by atoms with Crippen molar-refractivity contribution in [1.29, 1.82) is 0 Å². The molecule has 1 aromatic heterocycles. The fourth-order valence-electron chi connectivity index (χ4n) is 2.13. The van der Waals surface area contributed by atoms with E-state index in [0.717, 1.165) is 11.1 Å². The minimum Gasteiger partial charge on any atom is -0.478 e. The summed E-state index contributed by atoms with van der Waals surface area (Å²) in [6.45, 7) is 0. The molecule has 5 nitrogen and oxygen atoms in total. The molecule has 0 aliphatic heterocycles. The molecule has 0 saturated carbocycles. The van der Waals surface area contributed by atoms with Gasteiger partial charge in [-0.2, -0.15) is 0 Å². The van der Waals surface area contributed by atoms with Crippen LogP contribution < -0.4 is 5.32 Å². The number of carboxylic acid groups (broad SMARTS) is 1. The number of nitrogens with zero attached hydrogens (tertiary/aromatic N) is 2. The molecule has 22 heavy (non-hydrogen) atoms. The first kappa shape index (κ1) is 13.8. The number of carbonyl (C=O) groups is 1. The van der Waals surface area contributed by atoms with Gasteiger partial charge >= 0.3 is 5.97 Å². The van der Waals surface area contributed by atoms with Gasteiger partial charge < -0.3 is 10.4 Å². The van der Waals surface area contributed by atoms with Crippen LogP contribution in [0.3, 0.4) is 0 Å². The van der Waals surface area contributed by atoms with Gasteiger partial charge in [-0.25, -0.2) is 14.8 Å². The molecule has 0 aliphatic carbocycles. The van der Waals surface area contributed by atoms with Crippen LogP contribution >= 0.6 is 0 Å². The van der Waals surface area contributed by atoms with Crippen LogP contribution in [0.2, 0.25) is 0 Å². The van der Waals surface area contributed by atoms with Crippen molar-refractivity contribution in [2.24, 2.45) is 0 Å². The first-order valence-electron chi connectivity index (χ1n) is 6.71. The quantitative estimate of drug-likeness (QED) is 0.768. The predicted octanol–water partition coefficient (Wildman–Crippen LogP) is 3.59. The van der Waals surface area contributed by atoms with Crippen LogP contribution in [0, 0.1) is 0 Å². The molecular formula is C17H13N3O2. The van der Waals surface area contributed by atoms with Gasteiger partial charge in [-0.05, 0) is 23.8 Å². The summed E-state index contributed by atoms with van der Waals surface area (Å²) < 4.78 is 0. The highest BCUT2D eigenvalue weighted by atomic mass is 16.4. The maximum atomic E-state index is 11.2. The minimum atomic E-state index is -0.975. The molecule has 0 saturated heterocycles. The Kier molecular flexibility index (Phi) is 3.78. The van der Waals surface area contributed by atoms with Gasteiger partial charge in [-0.1, -0.05) is 36.4 Å². The maximum Gasteiger partial charge on any atom is 0.335 e. The van der Waals surface area contributed by atoms with E-state index in [0.29, 0.717) is 11.6 Å². The van der Waals surface area contributed by atoms with Crippen LogP contribution in [0.1, 0.15) is 10.4 Å². The Morgan fingerprint density at radius 1 is 0.955 bits per heavy atom. The monoisotopic (exact) mass is 291 g/mol. The Morgan fingerprint density at radius 2 is 1.68 bits per heavy atom. The van der Waals surface area contributed by atoms with Crippen LogP contribution in [0.4, 0.5) is 11.6 Å². The Balaban J connectivity index is 2.07. The molecule has 0 aliphatic rings. The largest absolute Gasteiger partial charge is 0.478 e. The summed E-state index contributed by atoms with van der Waals surface area (Å²) in [5.74, 6) is -0.557. The summed E-state index contributed by atoms with van der Waals surface area (Å²) >= 11 is 0.